The number of carboxylic acids is 1. The van der Waals surface area contributed by atoms with Crippen molar-refractivity contribution in [3.63, 3.8) is 0 Å². The van der Waals surface area contributed by atoms with E-state index < -0.39 is 11.9 Å². The van der Waals surface area contributed by atoms with Gasteiger partial charge in [-0.3, -0.25) is 4.79 Å². The van der Waals surface area contributed by atoms with Gasteiger partial charge in [0.15, 0.2) is 0 Å². The monoisotopic (exact) mass is 270 g/mol. The summed E-state index contributed by atoms with van der Waals surface area (Å²) in [6.07, 6.45) is 1.16. The molecular formula is C13H15ClO2S. The highest BCUT2D eigenvalue weighted by Gasteiger charge is 2.21. The maximum Gasteiger partial charge on any atom is 0.310 e. The molecule has 17 heavy (non-hydrogen) atoms. The highest BCUT2D eigenvalue weighted by molar-refractivity contribution is 7.99. The van der Waals surface area contributed by atoms with Crippen LogP contribution in [0.2, 0.25) is 5.02 Å². The van der Waals surface area contributed by atoms with E-state index in [4.69, 9.17) is 16.7 Å². The van der Waals surface area contributed by atoms with Crippen molar-refractivity contribution in [3.05, 3.63) is 34.3 Å². The first kappa shape index (κ1) is 12.8. The largest absolute Gasteiger partial charge is 0.481 e. The Hall–Kier alpha value is -0.670. The van der Waals surface area contributed by atoms with Crippen molar-refractivity contribution in [1.29, 1.82) is 0 Å². The summed E-state index contributed by atoms with van der Waals surface area (Å²) in [6.45, 7) is 1.68. The van der Waals surface area contributed by atoms with E-state index in [0.717, 1.165) is 23.3 Å². The quantitative estimate of drug-likeness (QED) is 0.909. The van der Waals surface area contributed by atoms with E-state index in [0.29, 0.717) is 10.9 Å². The van der Waals surface area contributed by atoms with Crippen molar-refractivity contribution < 1.29 is 9.90 Å². The molecule has 0 aromatic heterocycles. The number of aliphatic carboxylic acids is 1. The van der Waals surface area contributed by atoms with Crippen LogP contribution in [-0.2, 0) is 4.79 Å². The summed E-state index contributed by atoms with van der Waals surface area (Å²) in [4.78, 5) is 10.9. The predicted molar refractivity (Wildman–Crippen MR) is 72.2 cm³/mol. The number of benzene rings is 1. The predicted octanol–water partition coefficient (Wildman–Crippen LogP) is 3.75. The fourth-order valence-electron chi connectivity index (χ4n) is 2.07. The maximum absolute atomic E-state index is 10.9. The SMILES string of the molecule is CC(C(=O)O)c1ccc(C2CCSC2)c(Cl)c1. The highest BCUT2D eigenvalue weighted by Crippen LogP contribution is 2.37. The third-order valence-corrected chi connectivity index (χ3v) is 4.75. The van der Waals surface area contributed by atoms with Crippen molar-refractivity contribution in [2.24, 2.45) is 0 Å². The third kappa shape index (κ3) is 2.78. The molecule has 0 amide bonds. The number of hydrogen-bond acceptors (Lipinski definition) is 2. The van der Waals surface area contributed by atoms with Crippen molar-refractivity contribution in [2.75, 3.05) is 11.5 Å². The molecule has 2 rings (SSSR count). The highest BCUT2D eigenvalue weighted by atomic mass is 35.5. The number of carboxylic acid groups (broad SMARTS) is 1. The van der Waals surface area contributed by atoms with E-state index >= 15 is 0 Å². The van der Waals surface area contributed by atoms with E-state index in [9.17, 15) is 4.79 Å². The molecule has 1 N–H and O–H groups in total. The van der Waals surface area contributed by atoms with Gasteiger partial charge in [-0.05, 0) is 42.2 Å². The Labute approximate surface area is 110 Å². The summed E-state index contributed by atoms with van der Waals surface area (Å²) < 4.78 is 0. The second-order valence-electron chi connectivity index (χ2n) is 4.40. The van der Waals surface area contributed by atoms with Crippen LogP contribution >= 0.6 is 23.4 Å². The Bertz CT molecular complexity index is 427. The summed E-state index contributed by atoms with van der Waals surface area (Å²) in [6, 6.07) is 5.69. The fraction of sp³-hybridized carbons (Fsp3) is 0.462. The summed E-state index contributed by atoms with van der Waals surface area (Å²) in [5.41, 5.74) is 1.94. The zero-order valence-electron chi connectivity index (χ0n) is 9.65. The van der Waals surface area contributed by atoms with Crippen LogP contribution in [-0.4, -0.2) is 22.6 Å². The van der Waals surface area contributed by atoms with Gasteiger partial charge in [-0.25, -0.2) is 0 Å². The Kier molecular flexibility index (Phi) is 4.00. The van der Waals surface area contributed by atoms with Gasteiger partial charge < -0.3 is 5.11 Å². The van der Waals surface area contributed by atoms with E-state index in [-0.39, 0.29) is 0 Å². The van der Waals surface area contributed by atoms with E-state index in [1.807, 2.05) is 23.9 Å². The van der Waals surface area contributed by atoms with Gasteiger partial charge in [-0.1, -0.05) is 23.7 Å². The van der Waals surface area contributed by atoms with Gasteiger partial charge in [0.05, 0.1) is 5.92 Å². The molecule has 1 aromatic rings. The van der Waals surface area contributed by atoms with Crippen LogP contribution < -0.4 is 0 Å². The topological polar surface area (TPSA) is 37.3 Å². The van der Waals surface area contributed by atoms with Crippen molar-refractivity contribution in [3.8, 4) is 0 Å². The molecule has 4 heteroatoms. The summed E-state index contributed by atoms with van der Waals surface area (Å²) in [5, 5.41) is 9.67. The number of hydrogen-bond donors (Lipinski definition) is 1. The Morgan fingerprint density at radius 2 is 2.35 bits per heavy atom. The molecule has 0 aliphatic carbocycles. The van der Waals surface area contributed by atoms with E-state index in [1.165, 1.54) is 5.75 Å². The molecular weight excluding hydrogens is 256 g/mol. The normalized spacial score (nSPS) is 21.4. The lowest BCUT2D eigenvalue weighted by molar-refractivity contribution is -0.138. The molecule has 1 saturated heterocycles. The Morgan fingerprint density at radius 1 is 1.59 bits per heavy atom. The minimum atomic E-state index is -0.815. The van der Waals surface area contributed by atoms with Crippen molar-refractivity contribution in [1.82, 2.24) is 0 Å². The number of rotatable bonds is 3. The molecule has 2 atom stereocenters. The first-order chi connectivity index (χ1) is 8.09. The van der Waals surface area contributed by atoms with Gasteiger partial charge >= 0.3 is 5.97 Å². The molecule has 2 unspecified atom stereocenters. The number of carbonyl (C=O) groups is 1. The van der Waals surface area contributed by atoms with Gasteiger partial charge in [0.2, 0.25) is 0 Å². The number of halogens is 1. The van der Waals surface area contributed by atoms with Gasteiger partial charge in [-0.15, -0.1) is 0 Å². The lowest BCUT2D eigenvalue weighted by Gasteiger charge is -2.14. The lowest BCUT2D eigenvalue weighted by atomic mass is 9.94. The molecule has 0 saturated carbocycles. The van der Waals surface area contributed by atoms with Crippen molar-refractivity contribution >= 4 is 29.3 Å². The summed E-state index contributed by atoms with van der Waals surface area (Å²) in [7, 11) is 0. The molecule has 0 bridgehead atoms. The van der Waals surface area contributed by atoms with Crippen LogP contribution in [0.15, 0.2) is 18.2 Å². The molecule has 92 valence electrons. The van der Waals surface area contributed by atoms with Crippen LogP contribution in [0.4, 0.5) is 0 Å². The first-order valence-electron chi connectivity index (χ1n) is 5.69. The van der Waals surface area contributed by atoms with Gasteiger partial charge in [0.25, 0.3) is 0 Å². The minimum Gasteiger partial charge on any atom is -0.481 e. The summed E-state index contributed by atoms with van der Waals surface area (Å²) in [5.74, 6) is 1.52. The summed E-state index contributed by atoms with van der Waals surface area (Å²) >= 11 is 8.20. The molecule has 0 radical (unpaired) electrons. The Morgan fingerprint density at radius 3 is 2.88 bits per heavy atom. The fourth-order valence-corrected chi connectivity index (χ4v) is 3.66. The number of thioether (sulfide) groups is 1. The third-order valence-electron chi connectivity index (χ3n) is 3.26. The lowest BCUT2D eigenvalue weighted by Crippen LogP contribution is -2.08. The van der Waals surface area contributed by atoms with Gasteiger partial charge in [-0.2, -0.15) is 11.8 Å². The molecule has 1 aliphatic rings. The minimum absolute atomic E-state index is 0.500. The molecule has 1 heterocycles. The van der Waals surface area contributed by atoms with Crippen molar-refractivity contribution in [2.45, 2.75) is 25.2 Å². The van der Waals surface area contributed by atoms with Crippen LogP contribution in [0.25, 0.3) is 0 Å². The average molecular weight is 271 g/mol. The molecule has 2 nitrogen and oxygen atoms in total. The van der Waals surface area contributed by atoms with Crippen LogP contribution in [0, 0.1) is 0 Å². The zero-order valence-corrected chi connectivity index (χ0v) is 11.2. The first-order valence-corrected chi connectivity index (χ1v) is 7.22. The molecule has 1 fully saturated rings. The zero-order chi connectivity index (χ0) is 12.4. The van der Waals surface area contributed by atoms with E-state index in [1.54, 1.807) is 13.0 Å². The van der Waals surface area contributed by atoms with Gasteiger partial charge in [0, 0.05) is 10.8 Å². The van der Waals surface area contributed by atoms with Crippen LogP contribution in [0.5, 0.6) is 0 Å². The van der Waals surface area contributed by atoms with Crippen LogP contribution in [0.3, 0.4) is 0 Å². The Balaban J connectivity index is 2.25. The standard InChI is InChI=1S/C13H15ClO2S/c1-8(13(15)16)9-2-3-11(12(14)6-9)10-4-5-17-7-10/h2-3,6,8,10H,4-5,7H2,1H3,(H,15,16). The van der Waals surface area contributed by atoms with Crippen LogP contribution in [0.1, 0.15) is 36.3 Å². The smallest absolute Gasteiger partial charge is 0.310 e. The molecule has 0 spiro atoms. The molecule has 1 aromatic carbocycles. The second kappa shape index (κ2) is 5.32. The van der Waals surface area contributed by atoms with E-state index in [2.05, 4.69) is 0 Å². The van der Waals surface area contributed by atoms with Gasteiger partial charge in [0.1, 0.15) is 0 Å². The average Bonchev–Trinajstić information content (AvgIpc) is 2.81. The second-order valence-corrected chi connectivity index (χ2v) is 5.96. The maximum atomic E-state index is 10.9. The molecule has 1 aliphatic heterocycles.